The van der Waals surface area contributed by atoms with Gasteiger partial charge in [-0.1, -0.05) is 0 Å². The molecule has 0 saturated heterocycles. The Morgan fingerprint density at radius 3 is 2.10 bits per heavy atom. The Morgan fingerprint density at radius 1 is 1.05 bits per heavy atom. The van der Waals surface area contributed by atoms with E-state index < -0.39 is 17.8 Å². The Hall–Kier alpha value is -3.23. The average Bonchev–Trinajstić information content (AvgIpc) is 2.92. The first-order valence-electron chi connectivity index (χ1n) is 5.26. The molecule has 0 saturated carbocycles. The summed E-state index contributed by atoms with van der Waals surface area (Å²) in [6.07, 6.45) is 1.18. The molecule has 0 aliphatic heterocycles. The van der Waals surface area contributed by atoms with Crippen LogP contribution in [0.25, 0.3) is 0 Å². The van der Waals surface area contributed by atoms with Crippen LogP contribution >= 0.6 is 0 Å². The zero-order valence-corrected chi connectivity index (χ0v) is 9.82. The molecule has 0 atom stereocenters. The van der Waals surface area contributed by atoms with Gasteiger partial charge in [-0.05, 0) is 18.2 Å². The van der Waals surface area contributed by atoms with Crippen LogP contribution in [0.1, 0.15) is 31.2 Å². The maximum Gasteiger partial charge on any atom is 0.335 e. The largest absolute Gasteiger partial charge is 0.478 e. The number of nitrogens with zero attached hydrogens (tertiary/aromatic N) is 2. The summed E-state index contributed by atoms with van der Waals surface area (Å²) < 4.78 is 0. The van der Waals surface area contributed by atoms with Gasteiger partial charge < -0.3 is 15.5 Å². The summed E-state index contributed by atoms with van der Waals surface area (Å²) in [6, 6.07) is 3.29. The van der Waals surface area contributed by atoms with Gasteiger partial charge in [0.25, 0.3) is 5.91 Å². The summed E-state index contributed by atoms with van der Waals surface area (Å²) >= 11 is 0. The average molecular weight is 276 g/mol. The molecule has 0 fully saturated rings. The number of benzene rings is 1. The summed E-state index contributed by atoms with van der Waals surface area (Å²) in [7, 11) is 0. The summed E-state index contributed by atoms with van der Waals surface area (Å²) in [5, 5.41) is 29.4. The van der Waals surface area contributed by atoms with Gasteiger partial charge in [0.15, 0.2) is 5.69 Å². The van der Waals surface area contributed by atoms with Crippen molar-refractivity contribution in [2.24, 2.45) is 0 Å². The fraction of sp³-hybridized carbons (Fsp3) is 0. The normalized spacial score (nSPS) is 10.0. The predicted molar refractivity (Wildman–Crippen MR) is 64.7 cm³/mol. The number of hydrogen-bond donors (Lipinski definition) is 4. The molecular weight excluding hydrogens is 268 g/mol. The topological polar surface area (TPSA) is 145 Å². The molecule has 9 heteroatoms. The van der Waals surface area contributed by atoms with Crippen molar-refractivity contribution < 1.29 is 24.6 Å². The number of anilines is 1. The lowest BCUT2D eigenvalue weighted by molar-refractivity contribution is 0.0696. The number of carboxylic acid groups (broad SMARTS) is 2. The van der Waals surface area contributed by atoms with Gasteiger partial charge in [-0.3, -0.25) is 4.79 Å². The molecule has 1 aromatic carbocycles. The number of aromatic nitrogens is 3. The van der Waals surface area contributed by atoms with Gasteiger partial charge >= 0.3 is 11.9 Å². The highest BCUT2D eigenvalue weighted by molar-refractivity contribution is 6.04. The van der Waals surface area contributed by atoms with Crippen LogP contribution < -0.4 is 5.32 Å². The van der Waals surface area contributed by atoms with Crippen LogP contribution in [0.3, 0.4) is 0 Å². The standard InChI is InChI=1S/C11H8N4O5/c16-9(8-4-12-15-14-8)13-7-2-5(10(17)18)1-6(3-7)11(19)20/h1-4H,(H,13,16)(H,17,18)(H,19,20)(H,12,14,15). The smallest absolute Gasteiger partial charge is 0.335 e. The Balaban J connectivity index is 2.33. The van der Waals surface area contributed by atoms with Crippen molar-refractivity contribution in [3.8, 4) is 0 Å². The van der Waals surface area contributed by atoms with E-state index in [0.717, 1.165) is 18.2 Å². The number of rotatable bonds is 4. The Labute approximate surface area is 111 Å². The monoisotopic (exact) mass is 276 g/mol. The molecule has 1 aromatic heterocycles. The van der Waals surface area contributed by atoms with Gasteiger partial charge in [-0.25, -0.2) is 9.59 Å². The van der Waals surface area contributed by atoms with Crippen molar-refractivity contribution in [1.82, 2.24) is 15.4 Å². The van der Waals surface area contributed by atoms with Crippen LogP contribution in [0.4, 0.5) is 5.69 Å². The van der Waals surface area contributed by atoms with Gasteiger partial charge in [0.1, 0.15) is 0 Å². The van der Waals surface area contributed by atoms with E-state index in [9.17, 15) is 14.4 Å². The number of carbonyl (C=O) groups is 3. The molecule has 0 aliphatic rings. The van der Waals surface area contributed by atoms with Gasteiger partial charge in [-0.15, -0.1) is 0 Å². The molecule has 4 N–H and O–H groups in total. The third kappa shape index (κ3) is 2.77. The second-order valence-electron chi connectivity index (χ2n) is 3.72. The predicted octanol–water partition coefficient (Wildman–Crippen LogP) is 0.453. The zero-order chi connectivity index (χ0) is 14.7. The van der Waals surface area contributed by atoms with E-state index in [-0.39, 0.29) is 22.5 Å². The summed E-state index contributed by atoms with van der Waals surface area (Å²) in [4.78, 5) is 33.5. The van der Waals surface area contributed by atoms with Gasteiger partial charge in [0, 0.05) is 5.69 Å². The number of aromatic carboxylic acids is 2. The van der Waals surface area contributed by atoms with E-state index in [4.69, 9.17) is 10.2 Å². The van der Waals surface area contributed by atoms with Gasteiger partial charge in [0.2, 0.25) is 0 Å². The van der Waals surface area contributed by atoms with Crippen LogP contribution in [0, 0.1) is 0 Å². The molecule has 102 valence electrons. The first-order chi connectivity index (χ1) is 9.47. The summed E-state index contributed by atoms with van der Waals surface area (Å²) in [5.74, 6) is -3.24. The van der Waals surface area contributed by atoms with Crippen molar-refractivity contribution in [1.29, 1.82) is 0 Å². The highest BCUT2D eigenvalue weighted by atomic mass is 16.4. The molecular formula is C11H8N4O5. The minimum Gasteiger partial charge on any atom is -0.478 e. The minimum absolute atomic E-state index is 0.0115. The lowest BCUT2D eigenvalue weighted by Gasteiger charge is -2.06. The molecule has 0 aliphatic carbocycles. The lowest BCUT2D eigenvalue weighted by atomic mass is 10.1. The van der Waals surface area contributed by atoms with Crippen molar-refractivity contribution in [3.63, 3.8) is 0 Å². The Morgan fingerprint density at radius 2 is 1.65 bits per heavy atom. The van der Waals surface area contributed by atoms with Crippen LogP contribution in [0.2, 0.25) is 0 Å². The molecule has 2 rings (SSSR count). The minimum atomic E-state index is -1.30. The molecule has 2 aromatic rings. The molecule has 1 amide bonds. The summed E-state index contributed by atoms with van der Waals surface area (Å²) in [5.41, 5.74) is -0.474. The van der Waals surface area contributed by atoms with E-state index >= 15 is 0 Å². The van der Waals surface area contributed by atoms with E-state index in [1.54, 1.807) is 0 Å². The number of carbonyl (C=O) groups excluding carboxylic acids is 1. The maximum atomic E-state index is 11.7. The van der Waals surface area contributed by atoms with Crippen molar-refractivity contribution in [2.75, 3.05) is 5.32 Å². The third-order valence-electron chi connectivity index (χ3n) is 2.33. The van der Waals surface area contributed by atoms with Gasteiger partial charge in [0.05, 0.1) is 17.3 Å². The van der Waals surface area contributed by atoms with Crippen LogP contribution in [-0.2, 0) is 0 Å². The maximum absolute atomic E-state index is 11.7. The number of carboxylic acids is 2. The molecule has 0 spiro atoms. The molecule has 20 heavy (non-hydrogen) atoms. The van der Waals surface area contributed by atoms with Crippen LogP contribution in [0.15, 0.2) is 24.4 Å². The molecule has 1 heterocycles. The fourth-order valence-corrected chi connectivity index (χ4v) is 1.45. The van der Waals surface area contributed by atoms with E-state index in [1.165, 1.54) is 6.20 Å². The van der Waals surface area contributed by atoms with Crippen molar-refractivity contribution >= 4 is 23.5 Å². The van der Waals surface area contributed by atoms with E-state index in [2.05, 4.69) is 20.7 Å². The zero-order valence-electron chi connectivity index (χ0n) is 9.82. The molecule has 0 radical (unpaired) electrons. The number of hydrogen-bond acceptors (Lipinski definition) is 5. The number of nitrogens with one attached hydrogen (secondary N) is 2. The molecule has 0 unspecified atom stereocenters. The Kier molecular flexibility index (Phi) is 3.42. The third-order valence-corrected chi connectivity index (χ3v) is 2.33. The second kappa shape index (κ2) is 5.18. The molecule has 0 bridgehead atoms. The van der Waals surface area contributed by atoms with E-state index in [0.29, 0.717) is 0 Å². The van der Waals surface area contributed by atoms with Crippen LogP contribution in [0.5, 0.6) is 0 Å². The van der Waals surface area contributed by atoms with Gasteiger partial charge in [-0.2, -0.15) is 15.4 Å². The first kappa shape index (κ1) is 13.2. The highest BCUT2D eigenvalue weighted by Crippen LogP contribution is 2.16. The number of aromatic amines is 1. The summed E-state index contributed by atoms with van der Waals surface area (Å²) in [6.45, 7) is 0. The molecule has 9 nitrogen and oxygen atoms in total. The second-order valence-corrected chi connectivity index (χ2v) is 3.72. The Bertz CT molecular complexity index is 648. The number of H-pyrrole nitrogens is 1. The van der Waals surface area contributed by atoms with Crippen molar-refractivity contribution in [2.45, 2.75) is 0 Å². The van der Waals surface area contributed by atoms with Crippen LogP contribution in [-0.4, -0.2) is 43.5 Å². The van der Waals surface area contributed by atoms with Crippen molar-refractivity contribution in [3.05, 3.63) is 41.2 Å². The first-order valence-corrected chi connectivity index (χ1v) is 5.26. The quantitative estimate of drug-likeness (QED) is 0.634. The number of amides is 1. The van der Waals surface area contributed by atoms with E-state index in [1.807, 2.05) is 0 Å². The fourth-order valence-electron chi connectivity index (χ4n) is 1.45. The SMILES string of the molecule is O=C(O)c1cc(NC(=O)c2cn[nH]n2)cc(C(=O)O)c1. The highest BCUT2D eigenvalue weighted by Gasteiger charge is 2.14. The lowest BCUT2D eigenvalue weighted by Crippen LogP contribution is -2.14.